The fourth-order valence-corrected chi connectivity index (χ4v) is 2.65. The molecule has 20 heavy (non-hydrogen) atoms. The number of hydrogen-bond acceptors (Lipinski definition) is 5. The van der Waals surface area contributed by atoms with E-state index in [4.69, 9.17) is 14.0 Å². The molecular formula is C14H27BN2O3. The summed E-state index contributed by atoms with van der Waals surface area (Å²) in [5.41, 5.74) is -0.603. The van der Waals surface area contributed by atoms with Crippen LogP contribution >= 0.6 is 0 Å². The van der Waals surface area contributed by atoms with E-state index in [1.54, 1.807) is 0 Å². The lowest BCUT2D eigenvalue weighted by atomic mass is 9.69. The Kier molecular flexibility index (Phi) is 4.20. The average molecular weight is 282 g/mol. The van der Waals surface area contributed by atoms with Crippen LogP contribution < -0.4 is 0 Å². The Morgan fingerprint density at radius 2 is 1.85 bits per heavy atom. The third kappa shape index (κ3) is 2.61. The van der Waals surface area contributed by atoms with E-state index in [0.29, 0.717) is 6.61 Å². The molecule has 0 spiro atoms. The van der Waals surface area contributed by atoms with E-state index in [9.17, 15) is 0 Å². The Bertz CT molecular complexity index is 371. The summed E-state index contributed by atoms with van der Waals surface area (Å²) in [7, 11) is -0.252. The van der Waals surface area contributed by atoms with Crippen LogP contribution in [0.15, 0.2) is 5.10 Å². The zero-order valence-corrected chi connectivity index (χ0v) is 13.7. The number of nitrogens with zero attached hydrogens (tertiary/aromatic N) is 2. The van der Waals surface area contributed by atoms with Gasteiger partial charge in [0.1, 0.15) is 6.23 Å². The molecule has 0 saturated carbocycles. The summed E-state index contributed by atoms with van der Waals surface area (Å²) in [6.07, 6.45) is 1.90. The van der Waals surface area contributed by atoms with E-state index in [-0.39, 0.29) is 36.4 Å². The predicted molar refractivity (Wildman–Crippen MR) is 80.7 cm³/mol. The van der Waals surface area contributed by atoms with Crippen molar-refractivity contribution in [1.82, 2.24) is 5.01 Å². The predicted octanol–water partition coefficient (Wildman–Crippen LogP) is 2.52. The summed E-state index contributed by atoms with van der Waals surface area (Å²) in [5.74, 6) is 0.124. The molecule has 114 valence electrons. The van der Waals surface area contributed by atoms with Crippen molar-refractivity contribution in [3.05, 3.63) is 0 Å². The molecule has 0 aliphatic carbocycles. The number of hydrazone groups is 1. The van der Waals surface area contributed by atoms with Gasteiger partial charge >= 0.3 is 7.12 Å². The highest BCUT2D eigenvalue weighted by molar-refractivity contribution is 6.52. The molecule has 0 radical (unpaired) electrons. The van der Waals surface area contributed by atoms with Gasteiger partial charge in [-0.3, -0.25) is 5.01 Å². The molecule has 0 aromatic heterocycles. The van der Waals surface area contributed by atoms with E-state index in [1.165, 1.54) is 0 Å². The van der Waals surface area contributed by atoms with Gasteiger partial charge in [0.05, 0.1) is 23.1 Å². The molecule has 0 bridgehead atoms. The Morgan fingerprint density at radius 3 is 2.35 bits per heavy atom. The topological polar surface area (TPSA) is 43.3 Å². The van der Waals surface area contributed by atoms with Crippen molar-refractivity contribution in [2.75, 3.05) is 6.61 Å². The summed E-state index contributed by atoms with van der Waals surface area (Å²) >= 11 is 0. The molecule has 3 atom stereocenters. The zero-order valence-electron chi connectivity index (χ0n) is 13.7. The zero-order chi connectivity index (χ0) is 15.1. The molecule has 6 heteroatoms. The van der Waals surface area contributed by atoms with Crippen molar-refractivity contribution >= 4 is 13.3 Å². The van der Waals surface area contributed by atoms with Gasteiger partial charge in [-0.15, -0.1) is 0 Å². The van der Waals surface area contributed by atoms with Gasteiger partial charge < -0.3 is 14.0 Å². The molecule has 0 amide bonds. The summed E-state index contributed by atoms with van der Waals surface area (Å²) in [6.45, 7) is 15.1. The molecule has 1 fully saturated rings. The van der Waals surface area contributed by atoms with Gasteiger partial charge in [0.2, 0.25) is 0 Å². The number of hydrogen-bond donors (Lipinski definition) is 0. The van der Waals surface area contributed by atoms with Crippen LogP contribution in [0.2, 0.25) is 5.82 Å². The maximum absolute atomic E-state index is 6.13. The first-order chi connectivity index (χ1) is 9.19. The molecule has 2 aliphatic rings. The van der Waals surface area contributed by atoms with Gasteiger partial charge in [0.15, 0.2) is 0 Å². The van der Waals surface area contributed by atoms with Gasteiger partial charge in [0, 0.05) is 12.8 Å². The Hall–Kier alpha value is -0.585. The second-order valence-corrected chi connectivity index (χ2v) is 6.64. The summed E-state index contributed by atoms with van der Waals surface area (Å²) in [4.78, 5) is 0. The van der Waals surface area contributed by atoms with Crippen molar-refractivity contribution in [1.29, 1.82) is 0 Å². The largest absolute Gasteiger partial charge is 0.469 e. The Morgan fingerprint density at radius 1 is 1.30 bits per heavy atom. The van der Waals surface area contributed by atoms with Gasteiger partial charge in [0.25, 0.3) is 0 Å². The summed E-state index contributed by atoms with van der Waals surface area (Å²) in [5, 5.41) is 6.47. The molecule has 5 nitrogen and oxygen atoms in total. The van der Waals surface area contributed by atoms with Gasteiger partial charge in [-0.05, 0) is 48.5 Å². The molecule has 0 N–H and O–H groups in total. The van der Waals surface area contributed by atoms with Crippen molar-refractivity contribution in [2.24, 2.45) is 5.10 Å². The summed E-state index contributed by atoms with van der Waals surface area (Å²) < 4.78 is 17.9. The minimum atomic E-state index is -0.301. The van der Waals surface area contributed by atoms with E-state index in [2.05, 4.69) is 39.7 Å². The molecule has 1 saturated heterocycles. The van der Waals surface area contributed by atoms with Crippen LogP contribution in [0.3, 0.4) is 0 Å². The van der Waals surface area contributed by atoms with Crippen LogP contribution in [-0.4, -0.2) is 48.4 Å². The van der Waals surface area contributed by atoms with Gasteiger partial charge in [-0.2, -0.15) is 5.10 Å². The molecule has 2 rings (SSSR count). The maximum atomic E-state index is 6.13. The van der Waals surface area contributed by atoms with Gasteiger partial charge in [-0.1, -0.05) is 0 Å². The normalized spacial score (nSPS) is 33.0. The summed E-state index contributed by atoms with van der Waals surface area (Å²) in [6, 6.07) is 0.200. The lowest BCUT2D eigenvalue weighted by molar-refractivity contribution is -0.0530. The van der Waals surface area contributed by atoms with Crippen LogP contribution in [0.1, 0.15) is 48.5 Å². The number of rotatable bonds is 4. The second-order valence-electron chi connectivity index (χ2n) is 6.64. The fraction of sp³-hybridized carbons (Fsp3) is 0.929. The minimum Gasteiger partial charge on any atom is -0.403 e. The Labute approximate surface area is 122 Å². The molecule has 0 aromatic rings. The van der Waals surface area contributed by atoms with Gasteiger partial charge in [-0.25, -0.2) is 0 Å². The van der Waals surface area contributed by atoms with Crippen molar-refractivity contribution in [2.45, 2.75) is 77.8 Å². The van der Waals surface area contributed by atoms with Crippen LogP contribution in [0.25, 0.3) is 0 Å². The molecule has 2 heterocycles. The number of ether oxygens (including phenoxy) is 1. The van der Waals surface area contributed by atoms with E-state index in [0.717, 1.165) is 0 Å². The third-order valence-corrected chi connectivity index (χ3v) is 4.71. The van der Waals surface area contributed by atoms with Crippen molar-refractivity contribution in [3.8, 4) is 0 Å². The van der Waals surface area contributed by atoms with E-state index < -0.39 is 0 Å². The van der Waals surface area contributed by atoms with Crippen LogP contribution in [0.5, 0.6) is 0 Å². The quantitative estimate of drug-likeness (QED) is 0.743. The first kappa shape index (κ1) is 15.8. The fourth-order valence-electron chi connectivity index (χ4n) is 2.65. The van der Waals surface area contributed by atoms with E-state index in [1.807, 2.05) is 25.1 Å². The standard InChI is InChI=1S/C14H27BN2O3/c1-8-18-11(3)17-10(2)12(9-16-17)15-19-13(4,5)14(6,7)20-15/h9-12H,8H2,1-7H3. The van der Waals surface area contributed by atoms with Crippen LogP contribution in [-0.2, 0) is 14.0 Å². The molecule has 2 aliphatic heterocycles. The first-order valence-electron chi connectivity index (χ1n) is 7.49. The highest BCUT2D eigenvalue weighted by Gasteiger charge is 2.56. The van der Waals surface area contributed by atoms with Crippen LogP contribution in [0, 0.1) is 0 Å². The van der Waals surface area contributed by atoms with Crippen molar-refractivity contribution in [3.63, 3.8) is 0 Å². The van der Waals surface area contributed by atoms with Crippen molar-refractivity contribution < 1.29 is 14.0 Å². The SMILES string of the molecule is CCOC(C)N1N=CC(B2OC(C)(C)C(C)(C)O2)C1C. The van der Waals surface area contributed by atoms with Crippen LogP contribution in [0.4, 0.5) is 0 Å². The second kappa shape index (κ2) is 5.32. The molecule has 0 aromatic carbocycles. The highest BCUT2D eigenvalue weighted by Crippen LogP contribution is 2.42. The lowest BCUT2D eigenvalue weighted by Crippen LogP contribution is -2.41. The molecular weight excluding hydrogens is 255 g/mol. The maximum Gasteiger partial charge on any atom is 0.469 e. The monoisotopic (exact) mass is 282 g/mol. The first-order valence-corrected chi connectivity index (χ1v) is 7.49. The highest BCUT2D eigenvalue weighted by atomic mass is 16.7. The Balaban J connectivity index is 2.05. The average Bonchev–Trinajstić information content (AvgIpc) is 2.78. The smallest absolute Gasteiger partial charge is 0.403 e. The lowest BCUT2D eigenvalue weighted by Gasteiger charge is -2.32. The minimum absolute atomic E-state index is 0.0290. The molecule has 3 unspecified atom stereocenters. The third-order valence-electron chi connectivity index (χ3n) is 4.71. The van der Waals surface area contributed by atoms with E-state index >= 15 is 0 Å².